The van der Waals surface area contributed by atoms with Crippen LogP contribution in [0.2, 0.25) is 0 Å². The van der Waals surface area contributed by atoms with Crippen molar-refractivity contribution in [3.63, 3.8) is 0 Å². The monoisotopic (exact) mass is 774 g/mol. The zero-order chi connectivity index (χ0) is 40.6. The molecule has 2 unspecified atom stereocenters. The number of aliphatic hydroxyl groups excluding tert-OH is 2. The molecule has 0 amide bonds. The molecule has 0 heterocycles. The largest absolute Gasteiger partial charge is 0.493 e. The Bertz CT molecular complexity index is 1690. The number of hydrogen-bond donors (Lipinski definition) is 4. The average Bonchev–Trinajstić information content (AvgIpc) is 3.23. The Morgan fingerprint density at radius 3 is 1.42 bits per heavy atom. The van der Waals surface area contributed by atoms with Crippen LogP contribution in [0, 0.1) is 23.7 Å². The second kappa shape index (κ2) is 22.1. The van der Waals surface area contributed by atoms with Crippen molar-refractivity contribution < 1.29 is 29.3 Å². The summed E-state index contributed by atoms with van der Waals surface area (Å²) in [5, 5.41) is 22.7. The molecule has 2 atom stereocenters. The third-order valence-electron chi connectivity index (χ3n) is 11.8. The van der Waals surface area contributed by atoms with E-state index in [0.717, 1.165) is 47.3 Å². The Morgan fingerprint density at radius 2 is 1.04 bits per heavy atom. The molecule has 6 N–H and O–H groups in total. The molecule has 2 aliphatic rings. The molecule has 2 aliphatic carbocycles. The van der Waals surface area contributed by atoms with Gasteiger partial charge in [-0.05, 0) is 140 Å². The molecule has 0 aromatic heterocycles. The van der Waals surface area contributed by atoms with Crippen molar-refractivity contribution >= 4 is 35.1 Å². The van der Waals surface area contributed by atoms with Crippen molar-refractivity contribution in [2.45, 2.75) is 95.2 Å². The topological polar surface area (TPSA) is 145 Å². The molecule has 5 rings (SSSR count). The summed E-state index contributed by atoms with van der Waals surface area (Å²) in [5.74, 6) is 1.47. The van der Waals surface area contributed by atoms with E-state index in [-0.39, 0.29) is 11.3 Å². The molecule has 2 fully saturated rings. The smallest absolute Gasteiger partial charge is 0.184 e. The molecule has 0 spiro atoms. The van der Waals surface area contributed by atoms with Crippen molar-refractivity contribution in [3.8, 4) is 11.5 Å². The lowest BCUT2D eigenvalue weighted by atomic mass is 9.80. The van der Waals surface area contributed by atoms with Crippen molar-refractivity contribution in [2.24, 2.45) is 23.7 Å². The zero-order valence-corrected chi connectivity index (χ0v) is 33.4. The van der Waals surface area contributed by atoms with Gasteiger partial charge in [0.2, 0.25) is 0 Å². The third-order valence-corrected chi connectivity index (χ3v) is 11.8. The van der Waals surface area contributed by atoms with Gasteiger partial charge in [0.05, 0.1) is 19.1 Å². The van der Waals surface area contributed by atoms with Gasteiger partial charge in [-0.3, -0.25) is 9.59 Å². The summed E-state index contributed by atoms with van der Waals surface area (Å²) in [6.07, 6.45) is 20.4. The number of ketones is 2. The van der Waals surface area contributed by atoms with Gasteiger partial charge in [-0.2, -0.15) is 0 Å². The SMILES string of the molecule is C=CCCC1CCC(COc2ccc(/C=C/C(=O)C(O)C(c3ccc(N)cc3N)C(O)C(=O)/C=C/c3ccc(OCC4CCC(CCC=C)CC4)cc3)cc2)CC1. The quantitative estimate of drug-likeness (QED) is 0.0476. The molecular formula is C49H62N2O6. The maximum Gasteiger partial charge on any atom is 0.184 e. The minimum Gasteiger partial charge on any atom is -0.493 e. The summed E-state index contributed by atoms with van der Waals surface area (Å²) in [7, 11) is 0. The minimum atomic E-state index is -1.77. The zero-order valence-electron chi connectivity index (χ0n) is 33.4. The van der Waals surface area contributed by atoms with E-state index in [1.807, 2.05) is 60.7 Å². The van der Waals surface area contributed by atoms with E-state index in [1.54, 1.807) is 18.2 Å². The Hall–Kier alpha value is -4.92. The lowest BCUT2D eigenvalue weighted by molar-refractivity contribution is -0.130. The second-order valence-corrected chi connectivity index (χ2v) is 16.0. The molecule has 0 saturated heterocycles. The van der Waals surface area contributed by atoms with Crippen molar-refractivity contribution in [3.05, 3.63) is 121 Å². The molecule has 0 radical (unpaired) electrons. The van der Waals surface area contributed by atoms with Gasteiger partial charge in [0.1, 0.15) is 23.7 Å². The maximum absolute atomic E-state index is 13.4. The number of carbonyl (C=O) groups excluding carboxylic acids is 2. The Labute approximate surface area is 339 Å². The molecule has 3 aromatic rings. The van der Waals surface area contributed by atoms with E-state index in [1.165, 1.54) is 88.5 Å². The first-order chi connectivity index (χ1) is 27.6. The summed E-state index contributed by atoms with van der Waals surface area (Å²) >= 11 is 0. The lowest BCUT2D eigenvalue weighted by Crippen LogP contribution is -2.39. The van der Waals surface area contributed by atoms with Crippen LogP contribution >= 0.6 is 0 Å². The van der Waals surface area contributed by atoms with Crippen LogP contribution in [0.1, 0.15) is 99.7 Å². The standard InChI is InChI=1S/C49H62N2O6/c1-3-5-7-34-9-13-38(14-10-34)32-56-41-24-17-36(18-25-41)21-29-45(52)48(54)47(43-28-23-40(50)31-44(43)51)49(55)46(53)30-22-37-19-26-42(27-20-37)57-33-39-15-11-35(12-16-39)8-6-4-2/h3-4,17-31,34-35,38-39,47-49,54-55H,1-2,5-16,32-33,50-51H2/b29-21+,30-22+. The lowest BCUT2D eigenvalue weighted by Gasteiger charge is -2.28. The molecule has 8 heteroatoms. The molecule has 3 aromatic carbocycles. The fourth-order valence-electron chi connectivity index (χ4n) is 8.18. The van der Waals surface area contributed by atoms with Crippen LogP contribution < -0.4 is 20.9 Å². The highest BCUT2D eigenvalue weighted by molar-refractivity contribution is 6.01. The molecule has 304 valence electrons. The highest BCUT2D eigenvalue weighted by Gasteiger charge is 2.36. The van der Waals surface area contributed by atoms with E-state index < -0.39 is 29.7 Å². The van der Waals surface area contributed by atoms with Crippen LogP contribution in [0.25, 0.3) is 12.2 Å². The van der Waals surface area contributed by atoms with Gasteiger partial charge in [-0.1, -0.05) is 80.3 Å². The normalized spacial score (nSPS) is 21.4. The summed E-state index contributed by atoms with van der Waals surface area (Å²) in [5.41, 5.74) is 14.4. The Balaban J connectivity index is 1.15. The van der Waals surface area contributed by atoms with Crippen LogP contribution in [0.3, 0.4) is 0 Å². The van der Waals surface area contributed by atoms with Gasteiger partial charge in [0, 0.05) is 11.4 Å². The van der Waals surface area contributed by atoms with Gasteiger partial charge in [-0.15, -0.1) is 13.2 Å². The van der Waals surface area contributed by atoms with E-state index in [2.05, 4.69) is 13.2 Å². The Kier molecular flexibility index (Phi) is 16.8. The maximum atomic E-state index is 13.4. The second-order valence-electron chi connectivity index (χ2n) is 16.0. The van der Waals surface area contributed by atoms with Crippen LogP contribution in [-0.2, 0) is 9.59 Å². The van der Waals surface area contributed by atoms with Gasteiger partial charge in [-0.25, -0.2) is 0 Å². The Morgan fingerprint density at radius 1 is 0.632 bits per heavy atom. The predicted molar refractivity (Wildman–Crippen MR) is 232 cm³/mol. The fourth-order valence-corrected chi connectivity index (χ4v) is 8.18. The van der Waals surface area contributed by atoms with Gasteiger partial charge >= 0.3 is 0 Å². The first-order valence-electron chi connectivity index (χ1n) is 20.8. The van der Waals surface area contributed by atoms with Crippen molar-refractivity contribution in [2.75, 3.05) is 24.7 Å². The van der Waals surface area contributed by atoms with Gasteiger partial charge in [0.15, 0.2) is 11.6 Å². The highest BCUT2D eigenvalue weighted by Crippen LogP contribution is 2.34. The number of carbonyl (C=O) groups is 2. The van der Waals surface area contributed by atoms with Gasteiger partial charge in [0.25, 0.3) is 0 Å². The van der Waals surface area contributed by atoms with Crippen LogP contribution in [-0.4, -0.2) is 47.2 Å². The number of aliphatic hydroxyl groups is 2. The van der Waals surface area contributed by atoms with Crippen LogP contribution in [0.15, 0.2) is 104 Å². The summed E-state index contributed by atoms with van der Waals surface area (Å²) < 4.78 is 12.2. The fraction of sp³-hybridized carbons (Fsp3) is 0.429. The van der Waals surface area contributed by atoms with E-state index >= 15 is 0 Å². The average molecular weight is 775 g/mol. The third kappa shape index (κ3) is 13.3. The summed E-state index contributed by atoms with van der Waals surface area (Å²) in [6, 6.07) is 19.4. The first-order valence-corrected chi connectivity index (χ1v) is 20.8. The predicted octanol–water partition coefficient (Wildman–Crippen LogP) is 9.52. The van der Waals surface area contributed by atoms with Crippen LogP contribution in [0.5, 0.6) is 11.5 Å². The highest BCUT2D eigenvalue weighted by atomic mass is 16.5. The number of hydrogen-bond acceptors (Lipinski definition) is 8. The van der Waals surface area contributed by atoms with Crippen LogP contribution in [0.4, 0.5) is 11.4 Å². The number of benzene rings is 3. The van der Waals surface area contributed by atoms with E-state index in [4.69, 9.17) is 20.9 Å². The van der Waals surface area contributed by atoms with Crippen molar-refractivity contribution in [1.82, 2.24) is 0 Å². The number of ether oxygens (including phenoxy) is 2. The number of anilines is 2. The molecular weight excluding hydrogens is 713 g/mol. The molecule has 57 heavy (non-hydrogen) atoms. The summed E-state index contributed by atoms with van der Waals surface area (Å²) in [4.78, 5) is 26.8. The first kappa shape index (κ1) is 43.2. The molecule has 0 aliphatic heterocycles. The van der Waals surface area contributed by atoms with Gasteiger partial charge < -0.3 is 31.2 Å². The molecule has 0 bridgehead atoms. The molecule has 8 nitrogen and oxygen atoms in total. The summed E-state index contributed by atoms with van der Waals surface area (Å²) in [6.45, 7) is 9.04. The minimum absolute atomic E-state index is 0.152. The molecule has 2 saturated carbocycles. The van der Waals surface area contributed by atoms with Crippen molar-refractivity contribution in [1.29, 1.82) is 0 Å². The number of nitrogens with two attached hydrogens (primary N) is 2. The number of nitrogen functional groups attached to an aromatic ring is 2. The van der Waals surface area contributed by atoms with E-state index in [0.29, 0.717) is 30.7 Å². The van der Waals surface area contributed by atoms with E-state index in [9.17, 15) is 19.8 Å². The number of rotatable bonds is 21. The number of allylic oxidation sites excluding steroid dienone is 2.